The summed E-state index contributed by atoms with van der Waals surface area (Å²) >= 11 is 5.48. The Morgan fingerprint density at radius 2 is 1.93 bits per heavy atom. The van der Waals surface area contributed by atoms with E-state index in [0.29, 0.717) is 38.1 Å². The van der Waals surface area contributed by atoms with Crippen molar-refractivity contribution >= 4 is 23.5 Å². The van der Waals surface area contributed by atoms with Crippen molar-refractivity contribution in [3.05, 3.63) is 0 Å². The average molecular weight is 236 g/mol. The maximum atomic E-state index is 11.4. The zero-order chi connectivity index (χ0) is 11.7. The second-order valence-electron chi connectivity index (χ2n) is 3.29. The fraction of sp³-hybridized carbons (Fsp3) is 0.800. The van der Waals surface area contributed by atoms with Gasteiger partial charge in [0.1, 0.15) is 0 Å². The topological polar surface area (TPSA) is 46.6 Å². The quantitative estimate of drug-likeness (QED) is 0.495. The zero-order valence-corrected chi connectivity index (χ0v) is 10.0. The lowest BCUT2D eigenvalue weighted by Gasteiger charge is -2.16. The minimum absolute atomic E-state index is 0.0699. The van der Waals surface area contributed by atoms with E-state index < -0.39 is 0 Å². The molecule has 0 unspecified atom stereocenters. The van der Waals surface area contributed by atoms with Crippen LogP contribution in [0.15, 0.2) is 0 Å². The molecule has 0 atom stereocenters. The van der Waals surface area contributed by atoms with E-state index in [-0.39, 0.29) is 11.9 Å². The molecular formula is C10H18ClNO3. The molecule has 5 heteroatoms. The summed E-state index contributed by atoms with van der Waals surface area (Å²) < 4.78 is 4.50. The monoisotopic (exact) mass is 235 g/mol. The summed E-state index contributed by atoms with van der Waals surface area (Å²) in [6.07, 6.45) is 2.15. The molecule has 0 bridgehead atoms. The molecule has 0 saturated heterocycles. The summed E-state index contributed by atoms with van der Waals surface area (Å²) in [5.74, 6) is 0.332. The predicted molar refractivity (Wildman–Crippen MR) is 58.8 cm³/mol. The first kappa shape index (κ1) is 14.2. The van der Waals surface area contributed by atoms with Crippen LogP contribution in [-0.2, 0) is 14.3 Å². The van der Waals surface area contributed by atoms with Crippen LogP contribution in [0.4, 0.5) is 0 Å². The molecule has 0 heterocycles. The van der Waals surface area contributed by atoms with Crippen LogP contribution in [0.1, 0.15) is 25.7 Å². The Balaban J connectivity index is 3.59. The molecule has 0 aromatic rings. The maximum Gasteiger partial charge on any atom is 0.305 e. The SMILES string of the molecule is COC(=O)CCCN(C)C(=O)CCCCl. The molecule has 0 aliphatic heterocycles. The van der Waals surface area contributed by atoms with Crippen LogP contribution >= 0.6 is 11.6 Å². The molecule has 0 radical (unpaired) electrons. The van der Waals surface area contributed by atoms with E-state index in [2.05, 4.69) is 4.74 Å². The number of halogens is 1. The van der Waals surface area contributed by atoms with Crippen molar-refractivity contribution in [2.24, 2.45) is 0 Å². The molecule has 0 fully saturated rings. The lowest BCUT2D eigenvalue weighted by Crippen LogP contribution is -2.27. The van der Waals surface area contributed by atoms with Gasteiger partial charge < -0.3 is 9.64 Å². The molecule has 0 saturated carbocycles. The van der Waals surface area contributed by atoms with Crippen molar-refractivity contribution in [2.75, 3.05) is 26.6 Å². The first-order valence-corrected chi connectivity index (χ1v) is 5.52. The van der Waals surface area contributed by atoms with Crippen molar-refractivity contribution in [2.45, 2.75) is 25.7 Å². The molecule has 15 heavy (non-hydrogen) atoms. The van der Waals surface area contributed by atoms with Gasteiger partial charge in [-0.05, 0) is 12.8 Å². The van der Waals surface area contributed by atoms with E-state index in [9.17, 15) is 9.59 Å². The minimum atomic E-state index is -0.239. The second kappa shape index (κ2) is 8.53. The van der Waals surface area contributed by atoms with Crippen LogP contribution in [0.5, 0.6) is 0 Å². The smallest absolute Gasteiger partial charge is 0.305 e. The molecular weight excluding hydrogens is 218 g/mol. The van der Waals surface area contributed by atoms with E-state index in [1.54, 1.807) is 11.9 Å². The summed E-state index contributed by atoms with van der Waals surface area (Å²) in [6.45, 7) is 0.580. The molecule has 0 aliphatic carbocycles. The lowest BCUT2D eigenvalue weighted by molar-refractivity contribution is -0.141. The minimum Gasteiger partial charge on any atom is -0.469 e. The summed E-state index contributed by atoms with van der Waals surface area (Å²) in [4.78, 5) is 23.8. The van der Waals surface area contributed by atoms with Gasteiger partial charge in [-0.15, -0.1) is 11.6 Å². The van der Waals surface area contributed by atoms with Crippen molar-refractivity contribution < 1.29 is 14.3 Å². The van der Waals surface area contributed by atoms with Crippen molar-refractivity contribution in [1.29, 1.82) is 0 Å². The molecule has 0 N–H and O–H groups in total. The average Bonchev–Trinajstić information content (AvgIpc) is 2.25. The van der Waals surface area contributed by atoms with Gasteiger partial charge in [-0.1, -0.05) is 0 Å². The number of methoxy groups -OCH3 is 1. The lowest BCUT2D eigenvalue weighted by atomic mass is 10.2. The highest BCUT2D eigenvalue weighted by Gasteiger charge is 2.08. The van der Waals surface area contributed by atoms with Gasteiger partial charge in [0.25, 0.3) is 0 Å². The number of amides is 1. The highest BCUT2D eigenvalue weighted by atomic mass is 35.5. The largest absolute Gasteiger partial charge is 0.469 e. The number of esters is 1. The summed E-state index contributed by atoms with van der Waals surface area (Å²) in [7, 11) is 3.09. The van der Waals surface area contributed by atoms with Gasteiger partial charge in [0.2, 0.25) is 5.91 Å². The number of hydrogen-bond acceptors (Lipinski definition) is 3. The van der Waals surface area contributed by atoms with Gasteiger partial charge in [-0.25, -0.2) is 0 Å². The zero-order valence-electron chi connectivity index (χ0n) is 9.29. The fourth-order valence-electron chi connectivity index (χ4n) is 1.10. The van der Waals surface area contributed by atoms with Crippen molar-refractivity contribution in [1.82, 2.24) is 4.90 Å². The predicted octanol–water partition coefficient (Wildman–Crippen LogP) is 1.42. The fourth-order valence-corrected chi connectivity index (χ4v) is 1.23. The van der Waals surface area contributed by atoms with Gasteiger partial charge in [0.15, 0.2) is 0 Å². The van der Waals surface area contributed by atoms with E-state index in [4.69, 9.17) is 11.6 Å². The van der Waals surface area contributed by atoms with Crippen LogP contribution in [0, 0.1) is 0 Å². The number of nitrogens with zero attached hydrogens (tertiary/aromatic N) is 1. The number of carbonyl (C=O) groups excluding carboxylic acids is 2. The van der Waals surface area contributed by atoms with Gasteiger partial charge >= 0.3 is 5.97 Å². The Bertz CT molecular complexity index is 209. The van der Waals surface area contributed by atoms with E-state index in [0.717, 1.165) is 0 Å². The first-order valence-electron chi connectivity index (χ1n) is 4.98. The van der Waals surface area contributed by atoms with Crippen LogP contribution < -0.4 is 0 Å². The molecule has 0 spiro atoms. The van der Waals surface area contributed by atoms with Gasteiger partial charge in [0.05, 0.1) is 7.11 Å². The van der Waals surface area contributed by atoms with Crippen LogP contribution in [-0.4, -0.2) is 43.4 Å². The summed E-state index contributed by atoms with van der Waals surface area (Å²) in [6, 6.07) is 0. The second-order valence-corrected chi connectivity index (χ2v) is 3.67. The number of ether oxygens (including phenoxy) is 1. The van der Waals surface area contributed by atoms with E-state index >= 15 is 0 Å². The van der Waals surface area contributed by atoms with Crippen LogP contribution in [0.2, 0.25) is 0 Å². The number of alkyl halides is 1. The number of rotatable bonds is 7. The molecule has 1 amide bonds. The van der Waals surface area contributed by atoms with Crippen molar-refractivity contribution in [3.63, 3.8) is 0 Å². The van der Waals surface area contributed by atoms with Crippen molar-refractivity contribution in [3.8, 4) is 0 Å². The Hall–Kier alpha value is -0.770. The third kappa shape index (κ3) is 7.19. The highest BCUT2D eigenvalue weighted by molar-refractivity contribution is 6.17. The number of carbonyl (C=O) groups is 2. The Morgan fingerprint density at radius 3 is 2.47 bits per heavy atom. The maximum absolute atomic E-state index is 11.4. The third-order valence-corrected chi connectivity index (χ3v) is 2.32. The van der Waals surface area contributed by atoms with E-state index in [1.807, 2.05) is 0 Å². The Labute approximate surface area is 95.5 Å². The van der Waals surface area contributed by atoms with Gasteiger partial charge in [0, 0.05) is 32.3 Å². The molecule has 0 aliphatic rings. The Kier molecular flexibility index (Phi) is 8.09. The van der Waals surface area contributed by atoms with Gasteiger partial charge in [-0.2, -0.15) is 0 Å². The summed E-state index contributed by atoms with van der Waals surface area (Å²) in [5.41, 5.74) is 0. The molecule has 4 nitrogen and oxygen atoms in total. The highest BCUT2D eigenvalue weighted by Crippen LogP contribution is 2.00. The van der Waals surface area contributed by atoms with Crippen LogP contribution in [0.25, 0.3) is 0 Å². The standard InChI is InChI=1S/C10H18ClNO3/c1-12(9(13)5-3-7-11)8-4-6-10(14)15-2/h3-8H2,1-2H3. The van der Waals surface area contributed by atoms with Gasteiger partial charge in [-0.3, -0.25) is 9.59 Å². The third-order valence-electron chi connectivity index (χ3n) is 2.05. The summed E-state index contributed by atoms with van der Waals surface area (Å²) in [5, 5.41) is 0. The normalized spacial score (nSPS) is 9.80. The molecule has 0 aromatic heterocycles. The van der Waals surface area contributed by atoms with Crippen LogP contribution in [0.3, 0.4) is 0 Å². The number of hydrogen-bond donors (Lipinski definition) is 0. The molecule has 0 aromatic carbocycles. The first-order chi connectivity index (χ1) is 7.11. The molecule has 88 valence electrons. The van der Waals surface area contributed by atoms with E-state index in [1.165, 1.54) is 7.11 Å². The molecule has 0 rings (SSSR count). The Morgan fingerprint density at radius 1 is 1.27 bits per heavy atom.